The minimum Gasteiger partial charge on any atom is -0.349 e. The fourth-order valence-electron chi connectivity index (χ4n) is 4.75. The number of benzene rings is 3. The maximum Gasteiger partial charge on any atom is 0.251 e. The lowest BCUT2D eigenvalue weighted by Crippen LogP contribution is -2.37. The summed E-state index contributed by atoms with van der Waals surface area (Å²) in [6, 6.07) is 27.7. The number of hydrogen-bond acceptors (Lipinski definition) is 2. The first-order valence-electron chi connectivity index (χ1n) is 11.9. The van der Waals surface area contributed by atoms with Gasteiger partial charge in [0.15, 0.2) is 0 Å². The zero-order valence-electron chi connectivity index (χ0n) is 19.2. The minimum atomic E-state index is -0.0729. The maximum atomic E-state index is 13.2. The Balaban J connectivity index is 1.38. The number of amides is 2. The summed E-state index contributed by atoms with van der Waals surface area (Å²) in [6.07, 6.45) is 4.20. The highest BCUT2D eigenvalue weighted by molar-refractivity contribution is 5.94. The van der Waals surface area contributed by atoms with Gasteiger partial charge < -0.3 is 10.6 Å². The van der Waals surface area contributed by atoms with Gasteiger partial charge in [-0.05, 0) is 54.5 Å². The van der Waals surface area contributed by atoms with Gasteiger partial charge in [0, 0.05) is 18.0 Å². The van der Waals surface area contributed by atoms with Crippen LogP contribution in [0.2, 0.25) is 0 Å². The van der Waals surface area contributed by atoms with Gasteiger partial charge in [-0.15, -0.1) is 0 Å². The van der Waals surface area contributed by atoms with Crippen molar-refractivity contribution in [3.63, 3.8) is 0 Å². The Labute approximate surface area is 196 Å². The van der Waals surface area contributed by atoms with Crippen LogP contribution in [-0.4, -0.2) is 11.8 Å². The SMILES string of the molecule is C[C@H](NC(=O)[C@H]1CCCC[C@@H]1c1ccc(CNC(=O)c2ccccc2)cc1)c1ccccc1. The standard InChI is InChI=1S/C29H32N2O2/c1-21(23-10-4-2-5-11-23)31-29(33)27-15-9-8-14-26(27)24-18-16-22(17-19-24)20-30-28(32)25-12-6-3-7-13-25/h2-7,10-13,16-19,21,26-27H,8-9,14-15,20H2,1H3,(H,30,32)(H,31,33)/t21-,26+,27-/m0/s1. The summed E-state index contributed by atoms with van der Waals surface area (Å²) in [5.41, 5.74) is 4.05. The maximum absolute atomic E-state index is 13.2. The summed E-state index contributed by atoms with van der Waals surface area (Å²) < 4.78 is 0. The normalized spacial score (nSPS) is 18.8. The van der Waals surface area contributed by atoms with Crippen LogP contribution >= 0.6 is 0 Å². The highest BCUT2D eigenvalue weighted by Gasteiger charge is 2.32. The summed E-state index contributed by atoms with van der Waals surface area (Å²) in [6.45, 7) is 2.53. The van der Waals surface area contributed by atoms with E-state index in [0.717, 1.165) is 36.8 Å². The van der Waals surface area contributed by atoms with Crippen molar-refractivity contribution < 1.29 is 9.59 Å². The first-order valence-corrected chi connectivity index (χ1v) is 11.9. The molecule has 2 N–H and O–H groups in total. The van der Waals surface area contributed by atoms with Crippen molar-refractivity contribution in [1.82, 2.24) is 10.6 Å². The van der Waals surface area contributed by atoms with E-state index in [2.05, 4.69) is 47.0 Å². The van der Waals surface area contributed by atoms with E-state index >= 15 is 0 Å². The van der Waals surface area contributed by atoms with Crippen LogP contribution in [0.4, 0.5) is 0 Å². The van der Waals surface area contributed by atoms with Crippen LogP contribution in [0.15, 0.2) is 84.9 Å². The molecule has 3 aromatic carbocycles. The van der Waals surface area contributed by atoms with Crippen molar-refractivity contribution in [2.45, 2.75) is 51.1 Å². The van der Waals surface area contributed by atoms with Gasteiger partial charge in [0.25, 0.3) is 5.91 Å². The van der Waals surface area contributed by atoms with Crippen LogP contribution < -0.4 is 10.6 Å². The molecule has 3 atom stereocenters. The summed E-state index contributed by atoms with van der Waals surface area (Å²) in [7, 11) is 0. The molecule has 1 saturated carbocycles. The van der Waals surface area contributed by atoms with Crippen molar-refractivity contribution in [2.75, 3.05) is 0 Å². The van der Waals surface area contributed by atoms with Crippen molar-refractivity contribution in [2.24, 2.45) is 5.92 Å². The van der Waals surface area contributed by atoms with Crippen molar-refractivity contribution in [1.29, 1.82) is 0 Å². The predicted molar refractivity (Wildman–Crippen MR) is 132 cm³/mol. The quantitative estimate of drug-likeness (QED) is 0.490. The van der Waals surface area contributed by atoms with Gasteiger partial charge >= 0.3 is 0 Å². The number of nitrogens with one attached hydrogen (secondary N) is 2. The highest BCUT2D eigenvalue weighted by atomic mass is 16.2. The molecule has 170 valence electrons. The van der Waals surface area contributed by atoms with Crippen LogP contribution in [0, 0.1) is 5.92 Å². The van der Waals surface area contributed by atoms with E-state index in [1.807, 2.05) is 55.5 Å². The van der Waals surface area contributed by atoms with Crippen LogP contribution in [0.1, 0.15) is 71.6 Å². The Morgan fingerprint density at radius 2 is 1.48 bits per heavy atom. The van der Waals surface area contributed by atoms with E-state index in [1.165, 1.54) is 5.56 Å². The first kappa shape index (κ1) is 22.8. The number of carbonyl (C=O) groups is 2. The van der Waals surface area contributed by atoms with Crippen molar-refractivity contribution in [3.8, 4) is 0 Å². The zero-order valence-corrected chi connectivity index (χ0v) is 19.2. The predicted octanol–water partition coefficient (Wildman–Crippen LogP) is 5.77. The van der Waals surface area contributed by atoms with E-state index in [0.29, 0.717) is 12.1 Å². The highest BCUT2D eigenvalue weighted by Crippen LogP contribution is 2.38. The number of hydrogen-bond donors (Lipinski definition) is 2. The molecule has 1 aliphatic rings. The Morgan fingerprint density at radius 1 is 0.848 bits per heavy atom. The second kappa shape index (κ2) is 11.0. The smallest absolute Gasteiger partial charge is 0.251 e. The first-order chi connectivity index (χ1) is 16.1. The van der Waals surface area contributed by atoms with Crippen LogP contribution in [0.25, 0.3) is 0 Å². The molecule has 0 bridgehead atoms. The van der Waals surface area contributed by atoms with E-state index in [1.54, 1.807) is 0 Å². The Kier molecular flexibility index (Phi) is 7.56. The van der Waals surface area contributed by atoms with Crippen LogP contribution in [0.5, 0.6) is 0 Å². The summed E-state index contributed by atoms with van der Waals surface area (Å²) >= 11 is 0. The fourth-order valence-corrected chi connectivity index (χ4v) is 4.75. The Bertz CT molecular complexity index is 1050. The molecule has 4 heteroatoms. The third-order valence-electron chi connectivity index (χ3n) is 6.66. The molecule has 2 amide bonds. The van der Waals surface area contributed by atoms with Gasteiger partial charge in [-0.3, -0.25) is 9.59 Å². The van der Waals surface area contributed by atoms with Gasteiger partial charge in [0.1, 0.15) is 0 Å². The third-order valence-corrected chi connectivity index (χ3v) is 6.66. The topological polar surface area (TPSA) is 58.2 Å². The van der Waals surface area contributed by atoms with Crippen LogP contribution in [-0.2, 0) is 11.3 Å². The molecule has 4 rings (SSSR count). The Hall–Kier alpha value is -3.40. The van der Waals surface area contributed by atoms with Gasteiger partial charge in [-0.1, -0.05) is 85.6 Å². The largest absolute Gasteiger partial charge is 0.349 e. The summed E-state index contributed by atoms with van der Waals surface area (Å²) in [5, 5.41) is 6.21. The summed E-state index contributed by atoms with van der Waals surface area (Å²) in [4.78, 5) is 25.5. The molecule has 3 aromatic rings. The van der Waals surface area contributed by atoms with Gasteiger partial charge in [-0.25, -0.2) is 0 Å². The summed E-state index contributed by atoms with van der Waals surface area (Å²) in [5.74, 6) is 0.301. The minimum absolute atomic E-state index is 0.00289. The van der Waals surface area contributed by atoms with Gasteiger partial charge in [0.05, 0.1) is 6.04 Å². The number of rotatable bonds is 7. The average molecular weight is 441 g/mol. The number of carbonyl (C=O) groups excluding carboxylic acids is 2. The fraction of sp³-hybridized carbons (Fsp3) is 0.310. The molecule has 0 heterocycles. The van der Waals surface area contributed by atoms with E-state index in [-0.39, 0.29) is 29.7 Å². The third kappa shape index (κ3) is 5.89. The monoisotopic (exact) mass is 440 g/mol. The van der Waals surface area contributed by atoms with Gasteiger partial charge in [0.2, 0.25) is 5.91 Å². The molecule has 1 fully saturated rings. The van der Waals surface area contributed by atoms with E-state index < -0.39 is 0 Å². The second-order valence-corrected chi connectivity index (χ2v) is 8.93. The molecule has 0 saturated heterocycles. The molecule has 4 nitrogen and oxygen atoms in total. The molecule has 1 aliphatic carbocycles. The van der Waals surface area contributed by atoms with Gasteiger partial charge in [-0.2, -0.15) is 0 Å². The lowest BCUT2D eigenvalue weighted by atomic mass is 9.75. The Morgan fingerprint density at radius 3 is 2.18 bits per heavy atom. The molecular weight excluding hydrogens is 408 g/mol. The molecule has 0 aromatic heterocycles. The van der Waals surface area contributed by atoms with E-state index in [4.69, 9.17) is 0 Å². The molecular formula is C29H32N2O2. The lowest BCUT2D eigenvalue weighted by molar-refractivity contribution is -0.127. The molecule has 33 heavy (non-hydrogen) atoms. The molecule has 0 spiro atoms. The second-order valence-electron chi connectivity index (χ2n) is 8.93. The van der Waals surface area contributed by atoms with Crippen molar-refractivity contribution in [3.05, 3.63) is 107 Å². The average Bonchev–Trinajstić information content (AvgIpc) is 2.88. The lowest BCUT2D eigenvalue weighted by Gasteiger charge is -2.32. The molecule has 0 aliphatic heterocycles. The molecule has 0 unspecified atom stereocenters. The van der Waals surface area contributed by atoms with Crippen LogP contribution in [0.3, 0.4) is 0 Å². The zero-order chi connectivity index (χ0) is 23.0. The van der Waals surface area contributed by atoms with Crippen molar-refractivity contribution >= 4 is 11.8 Å². The molecule has 0 radical (unpaired) electrons. The van der Waals surface area contributed by atoms with E-state index in [9.17, 15) is 9.59 Å².